The summed E-state index contributed by atoms with van der Waals surface area (Å²) in [6, 6.07) is 0.242. The molecule has 1 aliphatic carbocycles. The lowest BCUT2D eigenvalue weighted by Crippen LogP contribution is -2.58. The molecule has 1 atom stereocenters. The van der Waals surface area contributed by atoms with Crippen molar-refractivity contribution in [3.8, 4) is 0 Å². The van der Waals surface area contributed by atoms with Crippen molar-refractivity contribution in [3.63, 3.8) is 0 Å². The van der Waals surface area contributed by atoms with Gasteiger partial charge in [0.1, 0.15) is 0 Å². The van der Waals surface area contributed by atoms with Gasteiger partial charge in [-0.15, -0.1) is 0 Å². The summed E-state index contributed by atoms with van der Waals surface area (Å²) in [7, 11) is 6.61. The van der Waals surface area contributed by atoms with Crippen molar-refractivity contribution >= 4 is 0 Å². The van der Waals surface area contributed by atoms with Crippen LogP contribution in [0.4, 0.5) is 0 Å². The Labute approximate surface area is 107 Å². The molecule has 1 aliphatic rings. The van der Waals surface area contributed by atoms with Crippen LogP contribution in [0.2, 0.25) is 0 Å². The van der Waals surface area contributed by atoms with Gasteiger partial charge < -0.3 is 15.5 Å². The van der Waals surface area contributed by atoms with Gasteiger partial charge in [-0.3, -0.25) is 0 Å². The fraction of sp³-hybridized carbons (Fsp3) is 1.00. The highest BCUT2D eigenvalue weighted by atomic mass is 15.2. The summed E-state index contributed by atoms with van der Waals surface area (Å²) < 4.78 is 0. The Morgan fingerprint density at radius 1 is 1.18 bits per heavy atom. The Balaban J connectivity index is 2.46. The van der Waals surface area contributed by atoms with Gasteiger partial charge in [-0.2, -0.15) is 0 Å². The SMILES string of the molecule is CN(CC(N)C(C)(C)C)CC1(N(C)C)CCC1. The summed E-state index contributed by atoms with van der Waals surface area (Å²) >= 11 is 0. The van der Waals surface area contributed by atoms with E-state index in [0.29, 0.717) is 5.54 Å². The minimum absolute atomic E-state index is 0.194. The molecule has 0 bridgehead atoms. The summed E-state index contributed by atoms with van der Waals surface area (Å²) in [6.07, 6.45) is 4.03. The minimum atomic E-state index is 0.194. The van der Waals surface area contributed by atoms with Gasteiger partial charge in [0.05, 0.1) is 0 Å². The molecule has 1 unspecified atom stereocenters. The van der Waals surface area contributed by atoms with Crippen LogP contribution >= 0.6 is 0 Å². The van der Waals surface area contributed by atoms with E-state index >= 15 is 0 Å². The van der Waals surface area contributed by atoms with Crippen molar-refractivity contribution in [2.45, 2.75) is 51.6 Å². The molecule has 17 heavy (non-hydrogen) atoms. The van der Waals surface area contributed by atoms with Crippen LogP contribution in [0.15, 0.2) is 0 Å². The predicted octanol–water partition coefficient (Wildman–Crippen LogP) is 1.78. The van der Waals surface area contributed by atoms with Crippen LogP contribution in [0, 0.1) is 5.41 Å². The van der Waals surface area contributed by atoms with E-state index in [4.69, 9.17) is 5.73 Å². The third-order valence-corrected chi connectivity index (χ3v) is 4.42. The molecule has 3 heteroatoms. The number of nitrogens with two attached hydrogens (primary N) is 1. The van der Waals surface area contributed by atoms with Gasteiger partial charge in [-0.05, 0) is 45.8 Å². The third kappa shape index (κ3) is 3.67. The van der Waals surface area contributed by atoms with Gasteiger partial charge in [-0.25, -0.2) is 0 Å². The summed E-state index contributed by atoms with van der Waals surface area (Å²) in [5.74, 6) is 0. The quantitative estimate of drug-likeness (QED) is 0.796. The monoisotopic (exact) mass is 241 g/mol. The van der Waals surface area contributed by atoms with Crippen molar-refractivity contribution < 1.29 is 0 Å². The first-order valence-electron chi connectivity index (χ1n) is 6.79. The molecular weight excluding hydrogens is 210 g/mol. The molecule has 0 aromatic rings. The van der Waals surface area contributed by atoms with Crippen LogP contribution in [0.1, 0.15) is 40.0 Å². The molecule has 1 fully saturated rings. The van der Waals surface area contributed by atoms with Crippen LogP contribution < -0.4 is 5.73 Å². The van der Waals surface area contributed by atoms with Gasteiger partial charge >= 0.3 is 0 Å². The molecule has 0 radical (unpaired) electrons. The maximum Gasteiger partial charge on any atom is 0.0330 e. The van der Waals surface area contributed by atoms with Crippen molar-refractivity contribution in [2.75, 3.05) is 34.2 Å². The van der Waals surface area contributed by atoms with Gasteiger partial charge in [-0.1, -0.05) is 20.8 Å². The Morgan fingerprint density at radius 3 is 2.00 bits per heavy atom. The molecule has 1 rings (SSSR count). The van der Waals surface area contributed by atoms with Gasteiger partial charge in [0.25, 0.3) is 0 Å². The molecule has 1 saturated carbocycles. The first-order chi connectivity index (χ1) is 7.67. The van der Waals surface area contributed by atoms with Crippen molar-refractivity contribution in [3.05, 3.63) is 0 Å². The van der Waals surface area contributed by atoms with Gasteiger partial charge in [0.2, 0.25) is 0 Å². The van der Waals surface area contributed by atoms with Crippen molar-refractivity contribution in [1.82, 2.24) is 9.80 Å². The fourth-order valence-electron chi connectivity index (χ4n) is 2.51. The molecular formula is C14H31N3. The first kappa shape index (κ1) is 14.9. The highest BCUT2D eigenvalue weighted by Gasteiger charge is 2.40. The maximum atomic E-state index is 6.25. The van der Waals surface area contributed by atoms with E-state index in [1.807, 2.05) is 0 Å². The average molecular weight is 241 g/mol. The summed E-state index contributed by atoms with van der Waals surface area (Å²) in [5.41, 5.74) is 6.85. The Bertz CT molecular complexity index is 238. The molecule has 0 spiro atoms. The third-order valence-electron chi connectivity index (χ3n) is 4.42. The standard InChI is InChI=1S/C14H31N3/c1-13(2,3)12(15)10-17(6)11-14(16(4)5)8-7-9-14/h12H,7-11,15H2,1-6H3. The zero-order valence-corrected chi connectivity index (χ0v) is 12.6. The minimum Gasteiger partial charge on any atom is -0.326 e. The smallest absolute Gasteiger partial charge is 0.0330 e. The normalized spacial score (nSPS) is 21.7. The average Bonchev–Trinajstić information content (AvgIpc) is 2.08. The Kier molecular flexibility index (Phi) is 4.61. The van der Waals surface area contributed by atoms with E-state index in [0.717, 1.165) is 13.1 Å². The summed E-state index contributed by atoms with van der Waals surface area (Å²) in [6.45, 7) is 8.78. The fourth-order valence-corrected chi connectivity index (χ4v) is 2.51. The van der Waals surface area contributed by atoms with Gasteiger partial charge in [0, 0.05) is 24.7 Å². The van der Waals surface area contributed by atoms with Gasteiger partial charge in [0.15, 0.2) is 0 Å². The Morgan fingerprint density at radius 2 is 1.71 bits per heavy atom. The molecule has 2 N–H and O–H groups in total. The summed E-state index contributed by atoms with van der Waals surface area (Å²) in [4.78, 5) is 4.81. The zero-order valence-electron chi connectivity index (χ0n) is 12.6. The van der Waals surface area contributed by atoms with Crippen LogP contribution in [-0.4, -0.2) is 55.6 Å². The van der Waals surface area contributed by atoms with E-state index in [-0.39, 0.29) is 11.5 Å². The number of likely N-dealkylation sites (N-methyl/N-ethyl adjacent to an activating group) is 2. The lowest BCUT2D eigenvalue weighted by molar-refractivity contribution is 0.0235. The molecule has 0 aromatic carbocycles. The van der Waals surface area contributed by atoms with Crippen molar-refractivity contribution in [2.24, 2.45) is 11.1 Å². The summed E-state index contributed by atoms with van der Waals surface area (Å²) in [5, 5.41) is 0. The predicted molar refractivity (Wildman–Crippen MR) is 75.2 cm³/mol. The molecule has 102 valence electrons. The number of hydrogen-bond acceptors (Lipinski definition) is 3. The molecule has 0 amide bonds. The molecule has 0 aliphatic heterocycles. The molecule has 0 heterocycles. The van der Waals surface area contributed by atoms with Crippen LogP contribution in [0.25, 0.3) is 0 Å². The lowest BCUT2D eigenvalue weighted by Gasteiger charge is -2.49. The second kappa shape index (κ2) is 5.25. The maximum absolute atomic E-state index is 6.25. The first-order valence-corrected chi connectivity index (χ1v) is 6.79. The second-order valence-electron chi connectivity index (χ2n) is 7.14. The van der Waals surface area contributed by atoms with E-state index in [1.165, 1.54) is 19.3 Å². The van der Waals surface area contributed by atoms with Crippen LogP contribution in [0.5, 0.6) is 0 Å². The molecule has 0 aromatic heterocycles. The van der Waals surface area contributed by atoms with Crippen LogP contribution in [0.3, 0.4) is 0 Å². The highest BCUT2D eigenvalue weighted by molar-refractivity contribution is 4.98. The highest BCUT2D eigenvalue weighted by Crippen LogP contribution is 2.36. The Hall–Kier alpha value is -0.120. The number of nitrogens with zero attached hydrogens (tertiary/aromatic N) is 2. The van der Waals surface area contributed by atoms with E-state index < -0.39 is 0 Å². The topological polar surface area (TPSA) is 32.5 Å². The molecule has 0 saturated heterocycles. The zero-order chi connectivity index (χ0) is 13.3. The van der Waals surface area contributed by atoms with E-state index in [2.05, 4.69) is 51.7 Å². The number of hydrogen-bond donors (Lipinski definition) is 1. The second-order valence-corrected chi connectivity index (χ2v) is 7.14. The lowest BCUT2D eigenvalue weighted by atomic mass is 9.75. The van der Waals surface area contributed by atoms with Crippen LogP contribution in [-0.2, 0) is 0 Å². The largest absolute Gasteiger partial charge is 0.326 e. The van der Waals surface area contributed by atoms with Crippen molar-refractivity contribution in [1.29, 1.82) is 0 Å². The van der Waals surface area contributed by atoms with E-state index in [9.17, 15) is 0 Å². The van der Waals surface area contributed by atoms with E-state index in [1.54, 1.807) is 0 Å². The number of rotatable bonds is 5. The molecule has 3 nitrogen and oxygen atoms in total.